The first kappa shape index (κ1) is 16.6. The molecule has 1 atom stereocenters. The van der Waals surface area contributed by atoms with E-state index in [2.05, 4.69) is 21.7 Å². The Morgan fingerprint density at radius 2 is 2.36 bits per heavy atom. The maximum absolute atomic E-state index is 13.4. The molecule has 0 radical (unpaired) electrons. The Kier molecular flexibility index (Phi) is 6.06. The second-order valence-electron chi connectivity index (χ2n) is 4.81. The fraction of sp³-hybridized carbons (Fsp3) is 0.467. The smallest absolute Gasteiger partial charge is 0.225 e. The molecule has 1 aliphatic rings. The number of rotatable bonds is 5. The molecule has 0 amide bonds. The Morgan fingerprint density at radius 3 is 3.00 bits per heavy atom. The molecule has 7 heteroatoms. The van der Waals surface area contributed by atoms with Crippen LogP contribution in [0.3, 0.4) is 0 Å². The van der Waals surface area contributed by atoms with E-state index >= 15 is 0 Å². The number of nitrogens with zero attached hydrogens (tertiary/aromatic N) is 3. The van der Waals surface area contributed by atoms with Gasteiger partial charge in [0.05, 0.1) is 13.7 Å². The van der Waals surface area contributed by atoms with E-state index in [4.69, 9.17) is 4.74 Å². The summed E-state index contributed by atoms with van der Waals surface area (Å²) in [6.45, 7) is 5.61. The fourth-order valence-electron chi connectivity index (χ4n) is 1.99. The maximum Gasteiger partial charge on any atom is 0.225 e. The summed E-state index contributed by atoms with van der Waals surface area (Å²) < 4.78 is 21.6. The number of methoxy groups -OCH3 is 1. The van der Waals surface area contributed by atoms with E-state index < -0.39 is 0 Å². The van der Waals surface area contributed by atoms with Crippen molar-refractivity contribution in [3.63, 3.8) is 0 Å². The van der Waals surface area contributed by atoms with Gasteiger partial charge in [-0.2, -0.15) is 5.10 Å². The molecule has 2 rings (SSSR count). The van der Waals surface area contributed by atoms with Gasteiger partial charge in [0.25, 0.3) is 0 Å². The molecular formula is C15H21FN4OS. The zero-order valence-corrected chi connectivity index (χ0v) is 13.9. The highest BCUT2D eigenvalue weighted by Gasteiger charge is 2.20. The Labute approximate surface area is 134 Å². The lowest BCUT2D eigenvalue weighted by Crippen LogP contribution is -2.34. The van der Waals surface area contributed by atoms with E-state index in [0.717, 1.165) is 17.9 Å². The summed E-state index contributed by atoms with van der Waals surface area (Å²) in [5.74, 6) is 1.03. The molecule has 1 unspecified atom stereocenters. The summed E-state index contributed by atoms with van der Waals surface area (Å²) in [6, 6.07) is 4.74. The molecule has 5 nitrogen and oxygen atoms in total. The second-order valence-corrected chi connectivity index (χ2v) is 5.69. The number of aliphatic imine (C=N–C) groups is 1. The maximum atomic E-state index is 13.4. The van der Waals surface area contributed by atoms with Gasteiger partial charge in [-0.3, -0.25) is 9.71 Å². The number of hydrazone groups is 1. The van der Waals surface area contributed by atoms with Crippen molar-refractivity contribution in [2.45, 2.75) is 25.2 Å². The summed E-state index contributed by atoms with van der Waals surface area (Å²) in [4.78, 5) is 5.29. The van der Waals surface area contributed by atoms with Crippen molar-refractivity contribution in [2.75, 3.05) is 20.2 Å². The van der Waals surface area contributed by atoms with E-state index in [9.17, 15) is 4.39 Å². The molecule has 120 valence electrons. The molecule has 0 fully saturated rings. The molecule has 0 aliphatic carbocycles. The molecule has 1 N–H and O–H groups in total. The number of hydrogen-bond donors (Lipinski definition) is 1. The van der Waals surface area contributed by atoms with Crippen LogP contribution in [0.2, 0.25) is 0 Å². The molecule has 1 aromatic carbocycles. The lowest BCUT2D eigenvalue weighted by molar-refractivity contribution is 0.385. The van der Waals surface area contributed by atoms with Crippen LogP contribution in [-0.4, -0.2) is 37.4 Å². The van der Waals surface area contributed by atoms with Gasteiger partial charge in [0.2, 0.25) is 5.96 Å². The zero-order chi connectivity index (χ0) is 15.9. The molecule has 0 bridgehead atoms. The van der Waals surface area contributed by atoms with Gasteiger partial charge >= 0.3 is 0 Å². The summed E-state index contributed by atoms with van der Waals surface area (Å²) in [5.41, 5.74) is 0. The molecule has 1 aromatic rings. The summed E-state index contributed by atoms with van der Waals surface area (Å²) in [5, 5.41) is 6.25. The van der Waals surface area contributed by atoms with Crippen LogP contribution in [0.15, 0.2) is 33.2 Å². The van der Waals surface area contributed by atoms with E-state index in [1.54, 1.807) is 12.1 Å². The summed E-state index contributed by atoms with van der Waals surface area (Å²) in [7, 11) is 1.45. The topological polar surface area (TPSA) is 49.2 Å². The number of halogens is 1. The quantitative estimate of drug-likeness (QED) is 0.513. The van der Waals surface area contributed by atoms with Gasteiger partial charge in [-0.05, 0) is 43.5 Å². The van der Waals surface area contributed by atoms with Crippen LogP contribution in [-0.2, 0) is 0 Å². The van der Waals surface area contributed by atoms with Crippen molar-refractivity contribution in [3.05, 3.63) is 24.0 Å². The van der Waals surface area contributed by atoms with Crippen LogP contribution in [0.25, 0.3) is 0 Å². The lowest BCUT2D eigenvalue weighted by Gasteiger charge is -2.18. The average Bonchev–Trinajstić information content (AvgIpc) is 3.01. The van der Waals surface area contributed by atoms with Crippen LogP contribution >= 0.6 is 11.9 Å². The number of guanidine groups is 1. The normalized spacial score (nSPS) is 17.9. The second kappa shape index (κ2) is 8.03. The Morgan fingerprint density at radius 1 is 1.55 bits per heavy atom. The molecule has 1 aliphatic heterocycles. The summed E-state index contributed by atoms with van der Waals surface area (Å²) >= 11 is 1.36. The number of benzene rings is 1. The molecule has 0 aromatic heterocycles. The lowest BCUT2D eigenvalue weighted by atomic mass is 10.1. The van der Waals surface area contributed by atoms with Crippen molar-refractivity contribution >= 4 is 24.1 Å². The van der Waals surface area contributed by atoms with Crippen LogP contribution in [0.1, 0.15) is 20.3 Å². The minimum absolute atomic E-state index is 0.228. The van der Waals surface area contributed by atoms with Crippen molar-refractivity contribution in [1.82, 2.24) is 9.73 Å². The standard InChI is InChI=1S/C15H21FN4OS/c1-4-11-9-18-20(10-11)15(17-5-2)19-22-12-6-7-13(16)14(8-12)21-3/h6-9,11H,4-5,10H2,1-3H3,(H,17,19). The highest BCUT2D eigenvalue weighted by Crippen LogP contribution is 2.24. The van der Waals surface area contributed by atoms with Gasteiger partial charge in [-0.25, -0.2) is 9.40 Å². The summed E-state index contributed by atoms with van der Waals surface area (Å²) in [6.07, 6.45) is 3.01. The molecule has 0 spiro atoms. The first-order valence-corrected chi connectivity index (χ1v) is 8.12. The molecule has 0 saturated heterocycles. The fourth-order valence-corrected chi connectivity index (χ4v) is 2.67. The number of ether oxygens (including phenoxy) is 1. The molecule has 1 heterocycles. The van der Waals surface area contributed by atoms with Crippen molar-refractivity contribution in [2.24, 2.45) is 16.0 Å². The predicted molar refractivity (Wildman–Crippen MR) is 88.9 cm³/mol. The van der Waals surface area contributed by atoms with Gasteiger partial charge in [0.15, 0.2) is 11.6 Å². The number of hydrogen-bond acceptors (Lipinski definition) is 4. The van der Waals surface area contributed by atoms with E-state index in [1.807, 2.05) is 18.1 Å². The van der Waals surface area contributed by atoms with Crippen LogP contribution < -0.4 is 9.46 Å². The predicted octanol–water partition coefficient (Wildman–Crippen LogP) is 3.13. The monoisotopic (exact) mass is 324 g/mol. The molecule has 0 saturated carbocycles. The first-order chi connectivity index (χ1) is 10.7. The van der Waals surface area contributed by atoms with E-state index in [0.29, 0.717) is 18.4 Å². The van der Waals surface area contributed by atoms with Gasteiger partial charge in [0.1, 0.15) is 0 Å². The van der Waals surface area contributed by atoms with E-state index in [1.165, 1.54) is 25.1 Å². The van der Waals surface area contributed by atoms with Gasteiger partial charge < -0.3 is 4.74 Å². The highest BCUT2D eigenvalue weighted by molar-refractivity contribution is 7.98. The highest BCUT2D eigenvalue weighted by atomic mass is 32.2. The minimum Gasteiger partial charge on any atom is -0.494 e. The average molecular weight is 324 g/mol. The SMILES string of the molecule is CCN=C(NSc1ccc(F)c(OC)c1)N1CC(CC)C=N1. The Hall–Kier alpha value is -1.76. The largest absolute Gasteiger partial charge is 0.494 e. The van der Waals surface area contributed by atoms with Crippen molar-refractivity contribution < 1.29 is 9.13 Å². The van der Waals surface area contributed by atoms with Crippen molar-refractivity contribution in [1.29, 1.82) is 0 Å². The van der Waals surface area contributed by atoms with Crippen molar-refractivity contribution in [3.8, 4) is 5.75 Å². The van der Waals surface area contributed by atoms with Gasteiger partial charge in [0, 0.05) is 23.6 Å². The first-order valence-electron chi connectivity index (χ1n) is 7.30. The van der Waals surface area contributed by atoms with Gasteiger partial charge in [-0.1, -0.05) is 6.92 Å². The molecule has 22 heavy (non-hydrogen) atoms. The van der Waals surface area contributed by atoms with Gasteiger partial charge in [-0.15, -0.1) is 0 Å². The Balaban J connectivity index is 2.01. The van der Waals surface area contributed by atoms with Crippen LogP contribution in [0, 0.1) is 11.7 Å². The minimum atomic E-state index is -0.371. The Bertz CT molecular complexity index is 564. The number of nitrogens with one attached hydrogen (secondary N) is 1. The third-order valence-corrected chi connectivity index (χ3v) is 4.06. The molecular weight excluding hydrogens is 303 g/mol. The zero-order valence-electron chi connectivity index (χ0n) is 13.0. The van der Waals surface area contributed by atoms with Crippen LogP contribution in [0.5, 0.6) is 5.75 Å². The van der Waals surface area contributed by atoms with Crippen LogP contribution in [0.4, 0.5) is 4.39 Å². The third-order valence-electron chi connectivity index (χ3n) is 3.28. The third kappa shape index (κ3) is 4.13. The van der Waals surface area contributed by atoms with E-state index in [-0.39, 0.29) is 11.6 Å².